The van der Waals surface area contributed by atoms with Crippen molar-refractivity contribution in [1.29, 1.82) is 0 Å². The SMILES string of the molecule is CCC(CC)c1cc2c(=O)n(CC(=O)CCl)cnc2s1. The highest BCUT2D eigenvalue weighted by atomic mass is 35.5. The first-order chi connectivity index (χ1) is 9.60. The molecule has 0 N–H and O–H groups in total. The van der Waals surface area contributed by atoms with Gasteiger partial charge in [0.05, 0.1) is 24.1 Å². The van der Waals surface area contributed by atoms with E-state index in [1.54, 1.807) is 11.3 Å². The minimum Gasteiger partial charge on any atom is -0.296 e. The molecule has 0 radical (unpaired) electrons. The molecule has 0 spiro atoms. The molecule has 0 aromatic carbocycles. The average Bonchev–Trinajstić information content (AvgIpc) is 2.88. The van der Waals surface area contributed by atoms with Crippen molar-refractivity contribution < 1.29 is 4.79 Å². The van der Waals surface area contributed by atoms with Gasteiger partial charge in [-0.25, -0.2) is 4.98 Å². The van der Waals surface area contributed by atoms with Gasteiger partial charge < -0.3 is 0 Å². The third kappa shape index (κ3) is 2.94. The van der Waals surface area contributed by atoms with Gasteiger partial charge in [0, 0.05) is 4.88 Å². The number of thiophene rings is 1. The number of ketones is 1. The van der Waals surface area contributed by atoms with Crippen molar-refractivity contribution in [2.75, 3.05) is 5.88 Å². The van der Waals surface area contributed by atoms with Crippen molar-refractivity contribution >= 4 is 38.9 Å². The number of hydrogen-bond acceptors (Lipinski definition) is 4. The van der Waals surface area contributed by atoms with Crippen LogP contribution in [0.3, 0.4) is 0 Å². The largest absolute Gasteiger partial charge is 0.296 e. The lowest BCUT2D eigenvalue weighted by Crippen LogP contribution is -2.24. The number of fused-ring (bicyclic) bond motifs is 1. The van der Waals surface area contributed by atoms with Crippen LogP contribution in [0, 0.1) is 0 Å². The summed E-state index contributed by atoms with van der Waals surface area (Å²) in [5.74, 6) is 0.185. The molecule has 0 saturated heterocycles. The highest BCUT2D eigenvalue weighted by Crippen LogP contribution is 2.31. The maximum atomic E-state index is 12.3. The Morgan fingerprint density at radius 3 is 2.75 bits per heavy atom. The van der Waals surface area contributed by atoms with Crippen molar-refractivity contribution in [3.8, 4) is 0 Å². The number of carbonyl (C=O) groups is 1. The number of carbonyl (C=O) groups excluding carboxylic acids is 1. The van der Waals surface area contributed by atoms with Gasteiger partial charge in [0.15, 0.2) is 5.78 Å². The average molecular weight is 313 g/mol. The van der Waals surface area contributed by atoms with E-state index in [0.29, 0.717) is 11.3 Å². The fourth-order valence-corrected chi connectivity index (χ4v) is 3.56. The van der Waals surface area contributed by atoms with Gasteiger partial charge in [0.2, 0.25) is 0 Å². The van der Waals surface area contributed by atoms with E-state index in [-0.39, 0.29) is 23.8 Å². The molecule has 2 rings (SSSR count). The number of rotatable bonds is 6. The second-order valence-electron chi connectivity index (χ2n) is 4.73. The number of aromatic nitrogens is 2. The monoisotopic (exact) mass is 312 g/mol. The summed E-state index contributed by atoms with van der Waals surface area (Å²) in [5.41, 5.74) is -0.165. The van der Waals surface area contributed by atoms with Crippen LogP contribution >= 0.6 is 22.9 Å². The van der Waals surface area contributed by atoms with E-state index in [2.05, 4.69) is 18.8 Å². The standard InChI is InChI=1S/C14H17ClN2O2S/c1-3-9(4-2)12-5-11-13(20-12)16-8-17(14(11)19)7-10(18)6-15/h5,8-9H,3-4,6-7H2,1-2H3. The van der Waals surface area contributed by atoms with Crippen LogP contribution in [0.4, 0.5) is 0 Å². The maximum absolute atomic E-state index is 12.3. The summed E-state index contributed by atoms with van der Waals surface area (Å²) in [6, 6.07) is 1.93. The molecule has 0 aliphatic carbocycles. The molecular formula is C14H17ClN2O2S. The highest BCUT2D eigenvalue weighted by molar-refractivity contribution is 7.18. The van der Waals surface area contributed by atoms with Crippen LogP contribution in [0.2, 0.25) is 0 Å². The number of Topliss-reactive ketones (excluding diaryl/α,β-unsaturated/α-hetero) is 1. The Kier molecular flexibility index (Phi) is 4.94. The molecule has 0 amide bonds. The summed E-state index contributed by atoms with van der Waals surface area (Å²) in [5, 5.41) is 0.599. The molecular weight excluding hydrogens is 296 g/mol. The van der Waals surface area contributed by atoms with E-state index in [9.17, 15) is 9.59 Å². The zero-order valence-corrected chi connectivity index (χ0v) is 13.1. The molecule has 2 aromatic heterocycles. The van der Waals surface area contributed by atoms with Crippen LogP contribution in [0.5, 0.6) is 0 Å². The Bertz CT molecular complexity index is 673. The lowest BCUT2D eigenvalue weighted by molar-refractivity contribution is -0.117. The van der Waals surface area contributed by atoms with Crippen molar-refractivity contribution in [3.05, 3.63) is 27.6 Å². The quantitative estimate of drug-likeness (QED) is 0.770. The molecule has 2 aromatic rings. The molecule has 2 heterocycles. The van der Waals surface area contributed by atoms with E-state index >= 15 is 0 Å². The first-order valence-corrected chi connectivity index (χ1v) is 8.02. The molecule has 4 nitrogen and oxygen atoms in total. The molecule has 0 bridgehead atoms. The van der Waals surface area contributed by atoms with Gasteiger partial charge in [-0.15, -0.1) is 22.9 Å². The van der Waals surface area contributed by atoms with Crippen LogP contribution < -0.4 is 5.56 Å². The van der Waals surface area contributed by atoms with E-state index < -0.39 is 0 Å². The van der Waals surface area contributed by atoms with Gasteiger partial charge in [-0.2, -0.15) is 0 Å². The van der Waals surface area contributed by atoms with Crippen molar-refractivity contribution in [2.45, 2.75) is 39.2 Å². The fourth-order valence-electron chi connectivity index (χ4n) is 2.22. The lowest BCUT2D eigenvalue weighted by atomic mass is 10.0. The zero-order valence-electron chi connectivity index (χ0n) is 11.6. The number of halogens is 1. The van der Waals surface area contributed by atoms with E-state index in [1.165, 1.54) is 15.8 Å². The van der Waals surface area contributed by atoms with Crippen LogP contribution in [0.1, 0.15) is 37.5 Å². The Morgan fingerprint density at radius 2 is 2.15 bits per heavy atom. The second kappa shape index (κ2) is 6.50. The Morgan fingerprint density at radius 1 is 1.45 bits per heavy atom. The summed E-state index contributed by atoms with van der Waals surface area (Å²) in [6.07, 6.45) is 3.52. The van der Waals surface area contributed by atoms with Crippen LogP contribution in [0.25, 0.3) is 10.2 Å². The van der Waals surface area contributed by atoms with Gasteiger partial charge in [0.25, 0.3) is 5.56 Å². The second-order valence-corrected chi connectivity index (χ2v) is 6.06. The molecule has 20 heavy (non-hydrogen) atoms. The first-order valence-electron chi connectivity index (χ1n) is 6.67. The van der Waals surface area contributed by atoms with Crippen molar-refractivity contribution in [1.82, 2.24) is 9.55 Å². The maximum Gasteiger partial charge on any atom is 0.262 e. The fraction of sp³-hybridized carbons (Fsp3) is 0.500. The molecule has 0 aliphatic heterocycles. The predicted molar refractivity (Wildman–Crippen MR) is 82.9 cm³/mol. The summed E-state index contributed by atoms with van der Waals surface area (Å²) in [6.45, 7) is 4.27. The van der Waals surface area contributed by atoms with Gasteiger partial charge in [-0.1, -0.05) is 13.8 Å². The minimum absolute atomic E-state index is 0.0125. The third-order valence-corrected chi connectivity index (χ3v) is 4.92. The number of alkyl halides is 1. The summed E-state index contributed by atoms with van der Waals surface area (Å²) in [7, 11) is 0. The normalized spacial score (nSPS) is 11.4. The smallest absolute Gasteiger partial charge is 0.262 e. The van der Waals surface area contributed by atoms with Crippen LogP contribution in [0.15, 0.2) is 17.2 Å². The topological polar surface area (TPSA) is 52.0 Å². The Balaban J connectivity index is 2.45. The molecule has 108 valence electrons. The van der Waals surface area contributed by atoms with Gasteiger partial charge in [-0.3, -0.25) is 14.2 Å². The predicted octanol–water partition coefficient (Wildman–Crippen LogP) is 3.17. The number of hydrogen-bond donors (Lipinski definition) is 0. The molecule has 0 saturated carbocycles. The molecule has 6 heteroatoms. The summed E-state index contributed by atoms with van der Waals surface area (Å²) in [4.78, 5) is 29.9. The Hall–Kier alpha value is -1.20. The van der Waals surface area contributed by atoms with Crippen LogP contribution in [-0.4, -0.2) is 21.2 Å². The van der Waals surface area contributed by atoms with E-state index in [4.69, 9.17) is 11.6 Å². The molecule has 0 fully saturated rings. The van der Waals surface area contributed by atoms with Crippen molar-refractivity contribution in [2.24, 2.45) is 0 Å². The van der Waals surface area contributed by atoms with Gasteiger partial charge in [0.1, 0.15) is 4.83 Å². The highest BCUT2D eigenvalue weighted by Gasteiger charge is 2.15. The first kappa shape index (κ1) is 15.2. The van der Waals surface area contributed by atoms with Gasteiger partial charge >= 0.3 is 0 Å². The molecule has 0 aliphatic rings. The molecule has 0 unspecified atom stereocenters. The minimum atomic E-state index is -0.189. The third-order valence-electron chi connectivity index (χ3n) is 3.42. The lowest BCUT2D eigenvalue weighted by Gasteiger charge is -2.07. The number of nitrogens with zero attached hydrogens (tertiary/aromatic N) is 2. The van der Waals surface area contributed by atoms with Crippen molar-refractivity contribution in [3.63, 3.8) is 0 Å². The molecule has 0 atom stereocenters. The van der Waals surface area contributed by atoms with E-state index in [0.717, 1.165) is 17.7 Å². The van der Waals surface area contributed by atoms with Crippen LogP contribution in [-0.2, 0) is 11.3 Å². The Labute approximate surface area is 126 Å². The zero-order chi connectivity index (χ0) is 14.7. The summed E-state index contributed by atoms with van der Waals surface area (Å²) >= 11 is 7.04. The van der Waals surface area contributed by atoms with Gasteiger partial charge in [-0.05, 0) is 24.8 Å². The van der Waals surface area contributed by atoms with E-state index in [1.807, 2.05) is 6.07 Å². The summed E-state index contributed by atoms with van der Waals surface area (Å²) < 4.78 is 1.33.